The Bertz CT molecular complexity index is 709. The molecule has 1 N–H and O–H groups in total. The first-order valence-electron chi connectivity index (χ1n) is 8.66. The smallest absolute Gasteiger partial charge is 0.234 e. The topological polar surface area (TPSA) is 53.4 Å². The van der Waals surface area contributed by atoms with Crippen molar-refractivity contribution in [2.45, 2.75) is 20.0 Å². The van der Waals surface area contributed by atoms with Crippen LogP contribution in [-0.2, 0) is 17.9 Å². The molecule has 1 amide bonds. The number of carbonyl (C=O) groups excluding carboxylic acids is 1. The number of aromatic nitrogens is 2. The van der Waals surface area contributed by atoms with Crippen molar-refractivity contribution in [3.05, 3.63) is 47.2 Å². The van der Waals surface area contributed by atoms with Crippen molar-refractivity contribution in [3.63, 3.8) is 0 Å². The number of benzene rings is 1. The van der Waals surface area contributed by atoms with Crippen LogP contribution in [-0.4, -0.2) is 53.1 Å². The highest BCUT2D eigenvalue weighted by Gasteiger charge is 2.21. The van der Waals surface area contributed by atoms with Gasteiger partial charge in [-0.25, -0.2) is 4.98 Å². The zero-order valence-corrected chi connectivity index (χ0v) is 15.2. The van der Waals surface area contributed by atoms with Crippen molar-refractivity contribution in [1.82, 2.24) is 19.8 Å². The second-order valence-corrected chi connectivity index (χ2v) is 6.55. The summed E-state index contributed by atoms with van der Waals surface area (Å²) in [7, 11) is 0. The molecule has 0 bridgehead atoms. The molecule has 0 aliphatic carbocycles. The summed E-state index contributed by atoms with van der Waals surface area (Å²) >= 11 is 6.11. The van der Waals surface area contributed by atoms with Crippen molar-refractivity contribution < 1.29 is 4.79 Å². The van der Waals surface area contributed by atoms with E-state index in [0.717, 1.165) is 44.2 Å². The number of amides is 1. The first kappa shape index (κ1) is 17.8. The van der Waals surface area contributed by atoms with Crippen LogP contribution in [0.5, 0.6) is 0 Å². The molecule has 1 aliphatic rings. The lowest BCUT2D eigenvalue weighted by Crippen LogP contribution is -2.50. The van der Waals surface area contributed by atoms with E-state index in [0.29, 0.717) is 18.1 Å². The number of halogens is 1. The number of rotatable bonds is 6. The highest BCUT2D eigenvalue weighted by atomic mass is 35.5. The summed E-state index contributed by atoms with van der Waals surface area (Å²) in [6, 6.07) is 7.57. The summed E-state index contributed by atoms with van der Waals surface area (Å²) in [6.45, 7) is 7.40. The quantitative estimate of drug-likeness (QED) is 0.855. The number of hydrogen-bond donors (Lipinski definition) is 1. The minimum Gasteiger partial charge on any atom is -0.351 e. The van der Waals surface area contributed by atoms with Crippen LogP contribution in [0.15, 0.2) is 36.7 Å². The summed E-state index contributed by atoms with van der Waals surface area (Å²) in [4.78, 5) is 21.1. The molecule has 25 heavy (non-hydrogen) atoms. The number of aryl methyl sites for hydroxylation is 1. The monoisotopic (exact) mass is 361 g/mol. The van der Waals surface area contributed by atoms with Gasteiger partial charge < -0.3 is 14.8 Å². The van der Waals surface area contributed by atoms with Crippen LogP contribution in [0.25, 0.3) is 0 Å². The molecule has 2 heterocycles. The molecule has 1 aliphatic heterocycles. The highest BCUT2D eigenvalue weighted by molar-refractivity contribution is 6.31. The molecule has 1 aromatic heterocycles. The van der Waals surface area contributed by atoms with Crippen molar-refractivity contribution >= 4 is 23.5 Å². The maximum Gasteiger partial charge on any atom is 0.234 e. The minimum atomic E-state index is 0.0310. The van der Waals surface area contributed by atoms with Crippen molar-refractivity contribution in [2.75, 3.05) is 37.6 Å². The lowest BCUT2D eigenvalue weighted by molar-refractivity contribution is -0.122. The highest BCUT2D eigenvalue weighted by Crippen LogP contribution is 2.15. The molecular formula is C18H24ClN5O. The van der Waals surface area contributed by atoms with Gasteiger partial charge >= 0.3 is 0 Å². The molecular weight excluding hydrogens is 338 g/mol. The van der Waals surface area contributed by atoms with Crippen molar-refractivity contribution in [2.24, 2.45) is 0 Å². The fraction of sp³-hybridized carbons (Fsp3) is 0.444. The Morgan fingerprint density at radius 2 is 2.00 bits per heavy atom. The van der Waals surface area contributed by atoms with Crippen LogP contribution in [0.3, 0.4) is 0 Å². The van der Waals surface area contributed by atoms with Crippen LogP contribution >= 0.6 is 11.6 Å². The van der Waals surface area contributed by atoms with E-state index in [4.69, 9.17) is 11.6 Å². The van der Waals surface area contributed by atoms with E-state index in [1.54, 1.807) is 0 Å². The van der Waals surface area contributed by atoms with Gasteiger partial charge in [0.1, 0.15) is 0 Å². The van der Waals surface area contributed by atoms with Gasteiger partial charge in [0.15, 0.2) is 0 Å². The summed E-state index contributed by atoms with van der Waals surface area (Å²) in [6.07, 6.45) is 3.84. The number of nitrogens with one attached hydrogen (secondary N) is 1. The summed E-state index contributed by atoms with van der Waals surface area (Å²) in [5, 5.41) is 3.63. The Kier molecular flexibility index (Phi) is 5.94. The fourth-order valence-electron chi connectivity index (χ4n) is 3.03. The molecule has 1 saturated heterocycles. The zero-order chi connectivity index (χ0) is 17.6. The second-order valence-electron chi connectivity index (χ2n) is 6.14. The molecule has 2 aromatic rings. The van der Waals surface area contributed by atoms with Gasteiger partial charge in [0.25, 0.3) is 0 Å². The number of nitrogens with zero attached hydrogens (tertiary/aromatic N) is 4. The van der Waals surface area contributed by atoms with Crippen LogP contribution in [0.2, 0.25) is 5.02 Å². The van der Waals surface area contributed by atoms with Crippen molar-refractivity contribution in [1.29, 1.82) is 0 Å². The Labute approximate surface area is 153 Å². The van der Waals surface area contributed by atoms with Gasteiger partial charge in [-0.05, 0) is 18.6 Å². The molecule has 1 fully saturated rings. The number of anilines is 1. The van der Waals surface area contributed by atoms with Gasteiger partial charge in [-0.2, -0.15) is 0 Å². The molecule has 1 aromatic carbocycles. The number of piperazine rings is 1. The van der Waals surface area contributed by atoms with E-state index >= 15 is 0 Å². The standard InChI is InChI=1S/C18H24ClN5O/c1-2-23-8-7-20-18(23)24-11-9-22(10-12-24)14-17(25)21-13-15-5-3-4-6-16(15)19/h3-8H,2,9-14H2,1H3,(H,21,25). The number of hydrogen-bond acceptors (Lipinski definition) is 4. The maximum absolute atomic E-state index is 12.2. The Balaban J connectivity index is 1.44. The predicted octanol–water partition coefficient (Wildman–Crippen LogP) is 1.99. The molecule has 0 spiro atoms. The normalized spacial score (nSPS) is 15.4. The SMILES string of the molecule is CCn1ccnc1N1CCN(CC(=O)NCc2ccccc2Cl)CC1. The fourth-order valence-corrected chi connectivity index (χ4v) is 3.23. The average Bonchev–Trinajstić information content (AvgIpc) is 3.10. The van der Waals surface area contributed by atoms with Gasteiger partial charge in [-0.15, -0.1) is 0 Å². The van der Waals surface area contributed by atoms with Crippen LogP contribution in [0.4, 0.5) is 5.95 Å². The molecule has 0 radical (unpaired) electrons. The maximum atomic E-state index is 12.2. The van der Waals surface area contributed by atoms with Crippen LogP contribution < -0.4 is 10.2 Å². The van der Waals surface area contributed by atoms with Gasteiger partial charge in [0.2, 0.25) is 11.9 Å². The predicted molar refractivity (Wildman–Crippen MR) is 99.9 cm³/mol. The first-order chi connectivity index (χ1) is 12.2. The van der Waals surface area contributed by atoms with E-state index in [-0.39, 0.29) is 5.91 Å². The summed E-state index contributed by atoms with van der Waals surface area (Å²) in [5.41, 5.74) is 0.939. The summed E-state index contributed by atoms with van der Waals surface area (Å²) < 4.78 is 2.14. The van der Waals surface area contributed by atoms with E-state index in [1.165, 1.54) is 0 Å². The Hall–Kier alpha value is -2.05. The third kappa shape index (κ3) is 4.52. The van der Waals surface area contributed by atoms with E-state index in [2.05, 4.69) is 31.6 Å². The van der Waals surface area contributed by atoms with E-state index in [9.17, 15) is 4.79 Å². The molecule has 7 heteroatoms. The van der Waals surface area contributed by atoms with Gasteiger partial charge in [0.05, 0.1) is 6.54 Å². The summed E-state index contributed by atoms with van der Waals surface area (Å²) in [5.74, 6) is 1.05. The number of carbonyl (C=O) groups is 1. The van der Waals surface area contributed by atoms with Gasteiger partial charge in [-0.3, -0.25) is 9.69 Å². The van der Waals surface area contributed by atoms with Gasteiger partial charge in [-0.1, -0.05) is 29.8 Å². The molecule has 0 atom stereocenters. The minimum absolute atomic E-state index is 0.0310. The lowest BCUT2D eigenvalue weighted by atomic mass is 10.2. The largest absolute Gasteiger partial charge is 0.351 e. The first-order valence-corrected chi connectivity index (χ1v) is 9.03. The average molecular weight is 362 g/mol. The molecule has 6 nitrogen and oxygen atoms in total. The van der Waals surface area contributed by atoms with E-state index < -0.39 is 0 Å². The number of imidazole rings is 1. The molecule has 0 unspecified atom stereocenters. The van der Waals surface area contributed by atoms with E-state index in [1.807, 2.05) is 36.7 Å². The lowest BCUT2D eigenvalue weighted by Gasteiger charge is -2.35. The third-order valence-corrected chi connectivity index (χ3v) is 4.86. The van der Waals surface area contributed by atoms with Crippen molar-refractivity contribution in [3.8, 4) is 0 Å². The third-order valence-electron chi connectivity index (χ3n) is 4.49. The van der Waals surface area contributed by atoms with Crippen LogP contribution in [0, 0.1) is 0 Å². The second kappa shape index (κ2) is 8.36. The zero-order valence-electron chi connectivity index (χ0n) is 14.5. The van der Waals surface area contributed by atoms with Gasteiger partial charge in [0, 0.05) is 56.7 Å². The van der Waals surface area contributed by atoms with Crippen LogP contribution in [0.1, 0.15) is 12.5 Å². The Morgan fingerprint density at radius 1 is 1.24 bits per heavy atom. The molecule has 3 rings (SSSR count). The molecule has 134 valence electrons. The Morgan fingerprint density at radius 3 is 2.72 bits per heavy atom. The molecule has 0 saturated carbocycles.